The topological polar surface area (TPSA) is 41.1 Å². The second-order valence-electron chi connectivity index (χ2n) is 6.39. The van der Waals surface area contributed by atoms with E-state index in [-0.39, 0.29) is 12.4 Å². The molecule has 2 heterocycles. The zero-order chi connectivity index (χ0) is 17.9. The second kappa shape index (κ2) is 7.48. The summed E-state index contributed by atoms with van der Waals surface area (Å²) < 4.78 is 19.9. The van der Waals surface area contributed by atoms with E-state index in [4.69, 9.17) is 16.3 Å². The number of imidazole rings is 1. The lowest BCUT2D eigenvalue weighted by Crippen LogP contribution is -2.30. The molecule has 0 aliphatic carbocycles. The first kappa shape index (κ1) is 17.1. The number of aromatic amines is 1. The molecule has 1 aromatic heterocycles. The van der Waals surface area contributed by atoms with Crippen LogP contribution < -0.4 is 4.74 Å². The van der Waals surface area contributed by atoms with Gasteiger partial charge in [-0.3, -0.25) is 4.90 Å². The van der Waals surface area contributed by atoms with E-state index in [9.17, 15) is 4.39 Å². The maximum atomic E-state index is 14.0. The van der Waals surface area contributed by atoms with Gasteiger partial charge in [-0.15, -0.1) is 0 Å². The van der Waals surface area contributed by atoms with Crippen LogP contribution in [0, 0.1) is 5.82 Å². The highest BCUT2D eigenvalue weighted by Gasteiger charge is 2.19. The van der Waals surface area contributed by atoms with Gasteiger partial charge in [-0.1, -0.05) is 35.9 Å². The van der Waals surface area contributed by atoms with Gasteiger partial charge in [-0.2, -0.15) is 0 Å². The van der Waals surface area contributed by atoms with Crippen molar-refractivity contribution in [1.29, 1.82) is 0 Å². The van der Waals surface area contributed by atoms with E-state index in [2.05, 4.69) is 14.9 Å². The number of nitrogens with zero attached hydrogens (tertiary/aromatic N) is 2. The van der Waals surface area contributed by atoms with Crippen molar-refractivity contribution >= 4 is 11.6 Å². The second-order valence-corrected chi connectivity index (χ2v) is 6.79. The Kier molecular flexibility index (Phi) is 4.91. The van der Waals surface area contributed by atoms with Crippen molar-refractivity contribution in [3.8, 4) is 5.75 Å². The third-order valence-electron chi connectivity index (χ3n) is 4.65. The van der Waals surface area contributed by atoms with Crippen LogP contribution in [0.1, 0.15) is 22.5 Å². The molecule has 1 N–H and O–H groups in total. The first-order valence-corrected chi connectivity index (χ1v) is 8.95. The van der Waals surface area contributed by atoms with Crippen molar-refractivity contribution in [1.82, 2.24) is 14.9 Å². The van der Waals surface area contributed by atoms with Crippen molar-refractivity contribution in [2.75, 3.05) is 6.54 Å². The molecule has 0 spiro atoms. The molecule has 6 heteroatoms. The predicted molar refractivity (Wildman–Crippen MR) is 98.6 cm³/mol. The summed E-state index contributed by atoms with van der Waals surface area (Å²) in [5.41, 5.74) is 3.78. The molecule has 3 aromatic rings. The molecule has 0 amide bonds. The molecule has 134 valence electrons. The van der Waals surface area contributed by atoms with Crippen LogP contribution in [0.5, 0.6) is 5.75 Å². The smallest absolute Gasteiger partial charge is 0.131 e. The minimum atomic E-state index is -0.349. The predicted octanol–water partition coefficient (Wildman–Crippen LogP) is 4.34. The summed E-state index contributed by atoms with van der Waals surface area (Å²) in [5.74, 6) is 0.403. The first-order valence-electron chi connectivity index (χ1n) is 8.58. The minimum Gasteiger partial charge on any atom is -0.488 e. The van der Waals surface area contributed by atoms with E-state index >= 15 is 0 Å². The van der Waals surface area contributed by atoms with Gasteiger partial charge in [0.2, 0.25) is 0 Å². The summed E-state index contributed by atoms with van der Waals surface area (Å²) in [6.45, 7) is 2.65. The maximum absolute atomic E-state index is 14.0. The van der Waals surface area contributed by atoms with Crippen LogP contribution >= 0.6 is 11.6 Å². The van der Waals surface area contributed by atoms with Crippen LogP contribution in [0.4, 0.5) is 4.39 Å². The lowest BCUT2D eigenvalue weighted by atomic mass is 10.1. The van der Waals surface area contributed by atoms with Gasteiger partial charge in [0.05, 0.1) is 22.7 Å². The third-order valence-corrected chi connectivity index (χ3v) is 5.01. The molecule has 1 aliphatic heterocycles. The quantitative estimate of drug-likeness (QED) is 0.725. The minimum absolute atomic E-state index is 0.104. The Bertz CT molecular complexity index is 891. The van der Waals surface area contributed by atoms with Crippen LogP contribution in [0.15, 0.2) is 48.8 Å². The fourth-order valence-corrected chi connectivity index (χ4v) is 3.46. The van der Waals surface area contributed by atoms with Crippen LogP contribution in [0.3, 0.4) is 0 Å². The van der Waals surface area contributed by atoms with Crippen molar-refractivity contribution in [2.24, 2.45) is 0 Å². The van der Waals surface area contributed by atoms with E-state index in [1.54, 1.807) is 18.5 Å². The van der Waals surface area contributed by atoms with E-state index in [0.717, 1.165) is 43.1 Å². The fraction of sp³-hybridized carbons (Fsp3) is 0.250. The standard InChI is InChI=1S/C20H19ClFN3O/c21-16-5-3-6-17(22)15(16)12-26-20-7-2-1-4-14(20)10-25-9-8-18-19(11-25)24-13-23-18/h1-7,13H,8-12H2,(H,23,24). The molecule has 0 bridgehead atoms. The van der Waals surface area contributed by atoms with Gasteiger partial charge in [-0.05, 0) is 18.2 Å². The molecule has 1 aliphatic rings. The van der Waals surface area contributed by atoms with E-state index < -0.39 is 0 Å². The Balaban J connectivity index is 1.47. The van der Waals surface area contributed by atoms with Gasteiger partial charge >= 0.3 is 0 Å². The number of aromatic nitrogens is 2. The van der Waals surface area contributed by atoms with Gasteiger partial charge in [0.15, 0.2) is 0 Å². The molecule has 26 heavy (non-hydrogen) atoms. The lowest BCUT2D eigenvalue weighted by molar-refractivity contribution is 0.232. The number of halogens is 2. The molecular formula is C20H19ClFN3O. The van der Waals surface area contributed by atoms with Crippen molar-refractivity contribution in [3.05, 3.63) is 82.1 Å². The average molecular weight is 372 g/mol. The highest BCUT2D eigenvalue weighted by Crippen LogP contribution is 2.26. The molecule has 2 aromatic carbocycles. The zero-order valence-electron chi connectivity index (χ0n) is 14.2. The fourth-order valence-electron chi connectivity index (χ4n) is 3.24. The SMILES string of the molecule is Fc1cccc(Cl)c1COc1ccccc1CN1CCc2nc[nH]c2C1. The molecule has 0 saturated carbocycles. The first-order chi connectivity index (χ1) is 12.7. The largest absolute Gasteiger partial charge is 0.488 e. The normalized spacial score (nSPS) is 14.2. The number of hydrogen-bond donors (Lipinski definition) is 1. The number of nitrogens with one attached hydrogen (secondary N) is 1. The Morgan fingerprint density at radius 1 is 1.19 bits per heavy atom. The highest BCUT2D eigenvalue weighted by molar-refractivity contribution is 6.31. The Morgan fingerprint density at radius 2 is 2.08 bits per heavy atom. The van der Waals surface area contributed by atoms with E-state index in [1.807, 2.05) is 24.3 Å². The van der Waals surface area contributed by atoms with Crippen LogP contribution in [-0.4, -0.2) is 21.4 Å². The van der Waals surface area contributed by atoms with Gasteiger partial charge in [0.25, 0.3) is 0 Å². The molecule has 0 saturated heterocycles. The summed E-state index contributed by atoms with van der Waals surface area (Å²) in [4.78, 5) is 9.89. The average Bonchev–Trinajstić information content (AvgIpc) is 3.10. The van der Waals surface area contributed by atoms with Gasteiger partial charge < -0.3 is 9.72 Å². The molecular weight excluding hydrogens is 353 g/mol. The number of fused-ring (bicyclic) bond motifs is 1. The molecule has 4 rings (SSSR count). The number of benzene rings is 2. The van der Waals surface area contributed by atoms with Crippen molar-refractivity contribution in [3.63, 3.8) is 0 Å². The molecule has 0 unspecified atom stereocenters. The number of H-pyrrole nitrogens is 1. The van der Waals surface area contributed by atoms with E-state index in [1.165, 1.54) is 11.8 Å². The molecule has 4 nitrogen and oxygen atoms in total. The number of hydrogen-bond acceptors (Lipinski definition) is 3. The molecule has 0 atom stereocenters. The monoisotopic (exact) mass is 371 g/mol. The number of para-hydroxylation sites is 1. The summed E-state index contributed by atoms with van der Waals surface area (Å²) in [5, 5.41) is 0.380. The Labute approximate surface area is 156 Å². The third kappa shape index (κ3) is 3.59. The zero-order valence-corrected chi connectivity index (χ0v) is 15.0. The summed E-state index contributed by atoms with van der Waals surface area (Å²) in [6, 6.07) is 12.5. The van der Waals surface area contributed by atoms with Crippen molar-refractivity contribution < 1.29 is 9.13 Å². The lowest BCUT2D eigenvalue weighted by Gasteiger charge is -2.26. The summed E-state index contributed by atoms with van der Waals surface area (Å²) >= 11 is 6.09. The summed E-state index contributed by atoms with van der Waals surface area (Å²) in [6.07, 6.45) is 2.69. The summed E-state index contributed by atoms with van der Waals surface area (Å²) in [7, 11) is 0. The van der Waals surface area contributed by atoms with Crippen LogP contribution in [0.2, 0.25) is 5.02 Å². The van der Waals surface area contributed by atoms with Gasteiger partial charge in [-0.25, -0.2) is 9.37 Å². The molecule has 0 radical (unpaired) electrons. The van der Waals surface area contributed by atoms with Gasteiger partial charge in [0.1, 0.15) is 18.2 Å². The van der Waals surface area contributed by atoms with Crippen molar-refractivity contribution in [2.45, 2.75) is 26.1 Å². The van der Waals surface area contributed by atoms with E-state index in [0.29, 0.717) is 10.6 Å². The van der Waals surface area contributed by atoms with Crippen LogP contribution in [-0.2, 0) is 26.1 Å². The van der Waals surface area contributed by atoms with Gasteiger partial charge in [0, 0.05) is 37.2 Å². The maximum Gasteiger partial charge on any atom is 0.131 e. The Morgan fingerprint density at radius 3 is 2.96 bits per heavy atom. The number of rotatable bonds is 5. The molecule has 0 fully saturated rings. The highest BCUT2D eigenvalue weighted by atomic mass is 35.5. The number of ether oxygens (including phenoxy) is 1. The Hall–Kier alpha value is -2.37. The van der Waals surface area contributed by atoms with Crippen LogP contribution in [0.25, 0.3) is 0 Å².